The highest BCUT2D eigenvalue weighted by molar-refractivity contribution is 7.52. The van der Waals surface area contributed by atoms with Crippen molar-refractivity contribution in [3.8, 4) is 6.07 Å². The van der Waals surface area contributed by atoms with E-state index >= 15 is 0 Å². The molecule has 23 heavy (non-hydrogen) atoms. The molecule has 2 rings (SSSR count). The maximum Gasteiger partial charge on any atom is 0.352 e. The second-order valence-corrected chi connectivity index (χ2v) is 7.01. The Kier molecular flexibility index (Phi) is 5.57. The molecule has 0 saturated heterocycles. The molecule has 5 nitrogen and oxygen atoms in total. The van der Waals surface area contributed by atoms with Gasteiger partial charge in [0.2, 0.25) is 0 Å². The summed E-state index contributed by atoms with van der Waals surface area (Å²) in [5.41, 5.74) is 2.55. The molecule has 6 heteroatoms. The number of nitrogens with zero attached hydrogens (tertiary/aromatic N) is 1. The average molecular weight is 330 g/mol. The van der Waals surface area contributed by atoms with Gasteiger partial charge in [0.25, 0.3) is 0 Å². The Morgan fingerprint density at radius 1 is 1.22 bits per heavy atom. The van der Waals surface area contributed by atoms with Gasteiger partial charge in [-0.2, -0.15) is 5.26 Å². The summed E-state index contributed by atoms with van der Waals surface area (Å²) in [6, 6.07) is 15.8. The lowest BCUT2D eigenvalue weighted by atomic mass is 10.1. The minimum atomic E-state index is -4.44. The summed E-state index contributed by atoms with van der Waals surface area (Å²) < 4.78 is 11.9. The second-order valence-electron chi connectivity index (χ2n) is 5.32. The molecule has 0 spiro atoms. The Morgan fingerprint density at radius 2 is 1.91 bits per heavy atom. The van der Waals surface area contributed by atoms with E-state index in [2.05, 4.69) is 12.2 Å². The Hall–Kier alpha value is -2.12. The first-order valence-corrected chi connectivity index (χ1v) is 9.03. The van der Waals surface area contributed by atoms with E-state index in [0.717, 1.165) is 12.8 Å². The van der Waals surface area contributed by atoms with E-state index in [-0.39, 0.29) is 0 Å². The van der Waals surface area contributed by atoms with Gasteiger partial charge < -0.3 is 15.1 Å². The summed E-state index contributed by atoms with van der Waals surface area (Å²) in [5.74, 6) is -1.19. The number of hydrogen-bond donors (Lipinski definition) is 3. The first-order chi connectivity index (χ1) is 10.9. The minimum Gasteiger partial charge on any atom is -0.368 e. The summed E-state index contributed by atoms with van der Waals surface area (Å²) in [5, 5.41) is 11.8. The van der Waals surface area contributed by atoms with Crippen LogP contribution in [0.2, 0.25) is 0 Å². The molecule has 2 aromatic carbocycles. The molecule has 0 heterocycles. The predicted molar refractivity (Wildman–Crippen MR) is 90.0 cm³/mol. The van der Waals surface area contributed by atoms with Crippen LogP contribution in [0.4, 0.5) is 5.69 Å². The van der Waals surface area contributed by atoms with Crippen LogP contribution in [0.15, 0.2) is 48.5 Å². The van der Waals surface area contributed by atoms with Gasteiger partial charge in [0.05, 0.1) is 11.6 Å². The molecule has 0 aliphatic rings. The van der Waals surface area contributed by atoms with Crippen molar-refractivity contribution >= 4 is 13.3 Å². The molecular weight excluding hydrogens is 311 g/mol. The van der Waals surface area contributed by atoms with E-state index in [1.807, 2.05) is 30.3 Å². The van der Waals surface area contributed by atoms with E-state index in [0.29, 0.717) is 16.8 Å². The number of nitrogens with one attached hydrogen (secondary N) is 1. The van der Waals surface area contributed by atoms with Gasteiger partial charge >= 0.3 is 7.60 Å². The Labute approximate surface area is 135 Å². The average Bonchev–Trinajstić information content (AvgIpc) is 2.53. The SMILES string of the molecule is CCCc1ccc(N[C@@H](c2cccc(C#N)c2)P(=O)(O)O)cc1. The van der Waals surface area contributed by atoms with Crippen molar-refractivity contribution < 1.29 is 14.4 Å². The molecule has 0 fully saturated rings. The minimum absolute atomic E-state index is 0.362. The fourth-order valence-electron chi connectivity index (χ4n) is 2.35. The van der Waals surface area contributed by atoms with Gasteiger partial charge in [-0.1, -0.05) is 37.6 Å². The molecule has 0 radical (unpaired) electrons. The third kappa shape index (κ3) is 4.67. The number of aryl methyl sites for hydroxylation is 1. The second kappa shape index (κ2) is 7.43. The van der Waals surface area contributed by atoms with Crippen LogP contribution in [-0.4, -0.2) is 9.79 Å². The zero-order chi connectivity index (χ0) is 16.9. The predicted octanol–water partition coefficient (Wildman–Crippen LogP) is 3.80. The molecule has 0 unspecified atom stereocenters. The van der Waals surface area contributed by atoms with Crippen LogP contribution in [0.5, 0.6) is 0 Å². The molecule has 0 aliphatic carbocycles. The molecular formula is C17H19N2O3P. The van der Waals surface area contributed by atoms with Crippen LogP contribution in [-0.2, 0) is 11.0 Å². The molecule has 0 aromatic heterocycles. The smallest absolute Gasteiger partial charge is 0.352 e. The van der Waals surface area contributed by atoms with Crippen LogP contribution >= 0.6 is 7.60 Å². The van der Waals surface area contributed by atoms with Crippen LogP contribution < -0.4 is 5.32 Å². The van der Waals surface area contributed by atoms with Crippen molar-refractivity contribution in [3.05, 3.63) is 65.2 Å². The van der Waals surface area contributed by atoms with Crippen LogP contribution in [0, 0.1) is 11.3 Å². The maximum absolute atomic E-state index is 11.9. The zero-order valence-corrected chi connectivity index (χ0v) is 13.7. The standard InChI is InChI=1S/C17H19N2O3P/c1-2-4-13-7-9-16(10-8-13)19-17(23(20,21)22)15-6-3-5-14(11-15)12-18/h3,5-11,17,19H,2,4H2,1H3,(H2,20,21,22)/t17-/m1/s1. The molecule has 0 saturated carbocycles. The number of benzene rings is 2. The van der Waals surface area contributed by atoms with Crippen LogP contribution in [0.3, 0.4) is 0 Å². The van der Waals surface area contributed by atoms with Crippen molar-refractivity contribution in [2.24, 2.45) is 0 Å². The Morgan fingerprint density at radius 3 is 2.48 bits per heavy atom. The lowest BCUT2D eigenvalue weighted by molar-refractivity contribution is 0.363. The highest BCUT2D eigenvalue weighted by atomic mass is 31.2. The van der Waals surface area contributed by atoms with Gasteiger partial charge in [-0.15, -0.1) is 0 Å². The van der Waals surface area contributed by atoms with E-state index in [1.165, 1.54) is 11.6 Å². The number of nitriles is 1. The third-order valence-corrected chi connectivity index (χ3v) is 4.56. The van der Waals surface area contributed by atoms with Crippen LogP contribution in [0.25, 0.3) is 0 Å². The molecule has 2 aromatic rings. The summed E-state index contributed by atoms with van der Waals surface area (Å²) in [7, 11) is -4.44. The third-order valence-electron chi connectivity index (χ3n) is 3.46. The summed E-state index contributed by atoms with van der Waals surface area (Å²) in [4.78, 5) is 19.3. The van der Waals surface area contributed by atoms with Crippen molar-refractivity contribution in [1.29, 1.82) is 5.26 Å². The van der Waals surface area contributed by atoms with Crippen LogP contribution in [0.1, 0.15) is 35.8 Å². The highest BCUT2D eigenvalue weighted by Crippen LogP contribution is 2.51. The first-order valence-electron chi connectivity index (χ1n) is 7.35. The molecule has 0 aliphatic heterocycles. The van der Waals surface area contributed by atoms with Gasteiger partial charge in [0, 0.05) is 5.69 Å². The van der Waals surface area contributed by atoms with Crippen molar-refractivity contribution in [3.63, 3.8) is 0 Å². The molecule has 120 valence electrons. The first kappa shape index (κ1) is 17.2. The molecule has 0 amide bonds. The van der Waals surface area contributed by atoms with Gasteiger partial charge in [-0.3, -0.25) is 4.57 Å². The molecule has 1 atom stereocenters. The highest BCUT2D eigenvalue weighted by Gasteiger charge is 2.30. The fourth-order valence-corrected chi connectivity index (χ4v) is 3.22. The topological polar surface area (TPSA) is 93.4 Å². The molecule has 3 N–H and O–H groups in total. The Balaban J connectivity index is 2.29. The Bertz CT molecular complexity index is 747. The number of anilines is 1. The van der Waals surface area contributed by atoms with Crippen molar-refractivity contribution in [1.82, 2.24) is 0 Å². The van der Waals surface area contributed by atoms with Crippen molar-refractivity contribution in [2.75, 3.05) is 5.32 Å². The fraction of sp³-hybridized carbons (Fsp3) is 0.235. The lowest BCUT2D eigenvalue weighted by Crippen LogP contribution is -2.11. The zero-order valence-electron chi connectivity index (χ0n) is 12.8. The lowest BCUT2D eigenvalue weighted by Gasteiger charge is -2.21. The van der Waals surface area contributed by atoms with Gasteiger partial charge in [-0.25, -0.2) is 0 Å². The van der Waals surface area contributed by atoms with E-state index in [4.69, 9.17) is 5.26 Å². The van der Waals surface area contributed by atoms with E-state index < -0.39 is 13.4 Å². The normalized spacial score (nSPS) is 12.4. The maximum atomic E-state index is 11.9. The van der Waals surface area contributed by atoms with Gasteiger partial charge in [0.1, 0.15) is 0 Å². The quantitative estimate of drug-likeness (QED) is 0.701. The largest absolute Gasteiger partial charge is 0.368 e. The monoisotopic (exact) mass is 330 g/mol. The van der Waals surface area contributed by atoms with Crippen molar-refractivity contribution in [2.45, 2.75) is 25.5 Å². The van der Waals surface area contributed by atoms with Gasteiger partial charge in [0.15, 0.2) is 5.78 Å². The van der Waals surface area contributed by atoms with E-state index in [9.17, 15) is 14.4 Å². The summed E-state index contributed by atoms with van der Waals surface area (Å²) >= 11 is 0. The number of rotatable bonds is 6. The molecule has 0 bridgehead atoms. The summed E-state index contributed by atoms with van der Waals surface area (Å²) in [6.45, 7) is 2.10. The summed E-state index contributed by atoms with van der Waals surface area (Å²) in [6.07, 6.45) is 2.01. The number of hydrogen-bond acceptors (Lipinski definition) is 3. The van der Waals surface area contributed by atoms with Gasteiger partial charge in [-0.05, 0) is 41.8 Å². The van der Waals surface area contributed by atoms with E-state index in [1.54, 1.807) is 18.2 Å².